The third kappa shape index (κ3) is 8.16. The van der Waals surface area contributed by atoms with Crippen molar-refractivity contribution in [2.24, 2.45) is 0 Å². The Morgan fingerprint density at radius 1 is 0.486 bits per heavy atom. The van der Waals surface area contributed by atoms with Crippen LogP contribution in [0, 0.1) is 6.07 Å². The number of rotatable bonds is 0. The van der Waals surface area contributed by atoms with E-state index in [1.807, 2.05) is 72.8 Å². The summed E-state index contributed by atoms with van der Waals surface area (Å²) in [5.41, 5.74) is 7.86. The Morgan fingerprint density at radius 3 is 1.20 bits per heavy atom. The molecule has 9 heteroatoms. The maximum Gasteiger partial charge on any atom is 0.0659 e. The Morgan fingerprint density at radius 2 is 0.857 bits per heavy atom. The Hall–Kier alpha value is -3.83. The van der Waals surface area contributed by atoms with Gasteiger partial charge >= 0.3 is 0 Å². The van der Waals surface area contributed by atoms with Gasteiger partial charge in [0.25, 0.3) is 0 Å². The molecular formula is C26H27CoN8-5. The second kappa shape index (κ2) is 14.4. The smallest absolute Gasteiger partial charge is 0.0659 e. The van der Waals surface area contributed by atoms with Gasteiger partial charge in [0.2, 0.25) is 0 Å². The molecule has 0 aliphatic carbocycles. The van der Waals surface area contributed by atoms with Crippen molar-refractivity contribution in [2.75, 3.05) is 0 Å². The third-order valence-electron chi connectivity index (χ3n) is 4.65. The fraction of sp³-hybridized carbons (Fsp3) is 0. The zero-order valence-electron chi connectivity index (χ0n) is 18.9. The van der Waals surface area contributed by atoms with Crippen LogP contribution in [0.15, 0.2) is 78.9 Å². The minimum atomic E-state index is 0. The molecule has 0 atom stereocenters. The van der Waals surface area contributed by atoms with Gasteiger partial charge in [-0.2, -0.15) is 36.4 Å². The number of benzene rings is 1. The maximum atomic E-state index is 4.62. The molecule has 185 valence electrons. The van der Waals surface area contributed by atoms with Crippen molar-refractivity contribution in [2.45, 2.75) is 0 Å². The number of hydrogen-bond donors (Lipinski definition) is 2. The summed E-state index contributed by atoms with van der Waals surface area (Å²) in [6.45, 7) is 0. The largest absolute Gasteiger partial charge is 0.693 e. The summed E-state index contributed by atoms with van der Waals surface area (Å²) in [5.74, 6) is 0. The van der Waals surface area contributed by atoms with Crippen LogP contribution < -0.4 is 0 Å². The summed E-state index contributed by atoms with van der Waals surface area (Å²) in [5, 5.41) is 0. The van der Waals surface area contributed by atoms with E-state index in [0.717, 1.165) is 44.8 Å². The monoisotopic (exact) mass is 510 g/mol. The van der Waals surface area contributed by atoms with Gasteiger partial charge in [-0.25, -0.2) is 9.97 Å². The van der Waals surface area contributed by atoms with Crippen LogP contribution in [-0.4, -0.2) is 19.9 Å². The molecule has 10 N–H and O–H groups in total. The zero-order chi connectivity index (χ0) is 20.2. The number of aromatic amines is 2. The molecule has 0 fully saturated rings. The van der Waals surface area contributed by atoms with Crippen molar-refractivity contribution in [1.29, 1.82) is 0 Å². The molecule has 8 bridgehead atoms. The quantitative estimate of drug-likeness (QED) is 0.193. The number of nitrogens with zero attached hydrogens (tertiary/aromatic N) is 2. The molecule has 35 heavy (non-hydrogen) atoms. The van der Waals surface area contributed by atoms with E-state index in [2.05, 4.69) is 56.3 Å². The van der Waals surface area contributed by atoms with Gasteiger partial charge in [0.15, 0.2) is 0 Å². The topological polar surface area (TPSA) is 191 Å². The van der Waals surface area contributed by atoms with E-state index < -0.39 is 0 Å². The average Bonchev–Trinajstić information content (AvgIpc) is 3.56. The summed E-state index contributed by atoms with van der Waals surface area (Å²) < 4.78 is 0. The van der Waals surface area contributed by atoms with E-state index >= 15 is 0 Å². The van der Waals surface area contributed by atoms with Crippen molar-refractivity contribution in [3.8, 4) is 0 Å². The molecule has 1 radical (unpaired) electrons. The first kappa shape index (κ1) is 31.2. The summed E-state index contributed by atoms with van der Waals surface area (Å²) >= 11 is 0. The summed E-state index contributed by atoms with van der Waals surface area (Å²) in [6.07, 6.45) is 8.05. The number of aromatic nitrogens is 4. The molecule has 5 heterocycles. The molecule has 2 aliphatic rings. The molecule has 1 aromatic carbocycles. The molecule has 0 saturated heterocycles. The van der Waals surface area contributed by atoms with E-state index in [-0.39, 0.29) is 41.4 Å². The van der Waals surface area contributed by atoms with Crippen LogP contribution in [0.1, 0.15) is 22.8 Å². The molecule has 6 rings (SSSR count). The number of hydrogen-bond acceptors (Lipinski definition) is 2. The predicted molar refractivity (Wildman–Crippen MR) is 145 cm³/mol. The Balaban J connectivity index is 0.000000936. The first-order valence-corrected chi connectivity index (χ1v) is 9.76. The molecule has 4 aromatic rings. The second-order valence-corrected chi connectivity index (χ2v) is 6.98. The van der Waals surface area contributed by atoms with E-state index in [1.165, 1.54) is 0 Å². The van der Waals surface area contributed by atoms with Crippen LogP contribution in [0.25, 0.3) is 71.0 Å². The maximum absolute atomic E-state index is 4.62. The number of nitrogens with two attached hydrogens (primary N) is 4. The minimum Gasteiger partial charge on any atom is -0.693 e. The van der Waals surface area contributed by atoms with Crippen molar-refractivity contribution in [3.05, 3.63) is 132 Å². The SMILES string of the molecule is C1=Cc2cc3ccc(cc4ccc(cc5nc(cc1n2)C=C5)[nH]4)[nH]3.[Co].[NH2-].[NH2-].[NH2-].[NH2-].[c-]1ccccc1. The zero-order valence-corrected chi connectivity index (χ0v) is 19.9. The van der Waals surface area contributed by atoms with Gasteiger partial charge in [-0.15, -0.1) is 0 Å². The average molecular weight is 510 g/mol. The van der Waals surface area contributed by atoms with Gasteiger partial charge in [-0.05, 0) is 72.8 Å². The van der Waals surface area contributed by atoms with Crippen LogP contribution >= 0.6 is 0 Å². The molecule has 8 nitrogen and oxygen atoms in total. The van der Waals surface area contributed by atoms with Gasteiger partial charge in [0, 0.05) is 38.8 Å². The normalized spacial score (nSPS) is 10.1. The van der Waals surface area contributed by atoms with Crippen molar-refractivity contribution in [3.63, 3.8) is 0 Å². The van der Waals surface area contributed by atoms with E-state index in [1.54, 1.807) is 0 Å². The Labute approximate surface area is 215 Å². The van der Waals surface area contributed by atoms with Gasteiger partial charge < -0.3 is 34.6 Å². The Bertz CT molecular complexity index is 1290. The van der Waals surface area contributed by atoms with Crippen LogP contribution in [0.2, 0.25) is 0 Å². The van der Waals surface area contributed by atoms with E-state index in [9.17, 15) is 0 Å². The van der Waals surface area contributed by atoms with Gasteiger partial charge in [0.05, 0.1) is 22.8 Å². The molecule has 0 saturated carbocycles. The molecule has 0 unspecified atom stereocenters. The van der Waals surface area contributed by atoms with Gasteiger partial charge in [-0.1, -0.05) is 0 Å². The number of nitrogens with one attached hydrogen (secondary N) is 2. The summed E-state index contributed by atoms with van der Waals surface area (Å²) in [6, 6.07) is 28.9. The number of H-pyrrole nitrogens is 2. The van der Waals surface area contributed by atoms with Crippen molar-refractivity contribution >= 4 is 46.4 Å². The van der Waals surface area contributed by atoms with Crippen LogP contribution in [0.5, 0.6) is 0 Å². The number of fused-ring (bicyclic) bond motifs is 8. The predicted octanol–water partition coefficient (Wildman–Crippen LogP) is 9.01. The summed E-state index contributed by atoms with van der Waals surface area (Å²) in [4.78, 5) is 16.0. The third-order valence-corrected chi connectivity index (χ3v) is 4.65. The standard InChI is InChI=1S/C20H14N4.C6H5.Co.4H2N/c1-2-14-10-16-5-6-18(23-16)12-20-8-7-19(24-20)11-17-4-3-15(22-17)9-13(1)21-14;1-2-4-6-5-3-1;;;;;/h1-12,21-22H;1-5H;;4*1H2/q;-1;;4*-1. The minimum absolute atomic E-state index is 0. The first-order valence-electron chi connectivity index (χ1n) is 9.76. The molecule has 3 aromatic heterocycles. The van der Waals surface area contributed by atoms with Gasteiger partial charge in [-0.3, -0.25) is 0 Å². The molecular weight excluding hydrogens is 483 g/mol. The summed E-state index contributed by atoms with van der Waals surface area (Å²) in [7, 11) is 0. The van der Waals surface area contributed by atoms with Crippen LogP contribution in [-0.2, 0) is 16.8 Å². The van der Waals surface area contributed by atoms with E-state index in [4.69, 9.17) is 0 Å². The van der Waals surface area contributed by atoms with Crippen LogP contribution in [0.4, 0.5) is 0 Å². The van der Waals surface area contributed by atoms with Crippen molar-refractivity contribution < 1.29 is 16.8 Å². The van der Waals surface area contributed by atoms with Gasteiger partial charge in [0.1, 0.15) is 0 Å². The Kier molecular flexibility index (Phi) is 12.9. The van der Waals surface area contributed by atoms with E-state index in [0.29, 0.717) is 0 Å². The fourth-order valence-corrected chi connectivity index (χ4v) is 3.29. The first-order chi connectivity index (χ1) is 14.8. The second-order valence-electron chi connectivity index (χ2n) is 6.98. The van der Waals surface area contributed by atoms with Crippen LogP contribution in [0.3, 0.4) is 0 Å². The fourth-order valence-electron chi connectivity index (χ4n) is 3.29. The van der Waals surface area contributed by atoms with Crippen molar-refractivity contribution in [1.82, 2.24) is 19.9 Å². The molecule has 2 aliphatic heterocycles. The molecule has 0 spiro atoms. The molecule has 0 amide bonds.